The Morgan fingerprint density at radius 1 is 1.24 bits per heavy atom. The van der Waals surface area contributed by atoms with E-state index in [0.29, 0.717) is 41.8 Å². The van der Waals surface area contributed by atoms with Crippen molar-refractivity contribution in [2.75, 3.05) is 19.8 Å². The summed E-state index contributed by atoms with van der Waals surface area (Å²) in [7, 11) is 0. The summed E-state index contributed by atoms with van der Waals surface area (Å²) in [6.45, 7) is 1.62. The molecule has 3 rings (SSSR count). The molecule has 0 aromatic heterocycles. The van der Waals surface area contributed by atoms with E-state index < -0.39 is 12.1 Å². The number of hydrogen-bond donors (Lipinski definition) is 3. The van der Waals surface area contributed by atoms with E-state index in [2.05, 4.69) is 5.32 Å². The standard InChI is InChI=1S/C18H18ClNO5/c19-14-7-13(8-16-17(14)25-5-4-24-16)15(21)10-20-9-11-2-1-3-12(6-11)18(22)23/h1-3,6-8,15,20-21H,4-5,9-10H2,(H,22,23). The molecule has 0 fully saturated rings. The Kier molecular flexibility index (Phi) is 5.43. The molecule has 25 heavy (non-hydrogen) atoms. The predicted molar refractivity (Wildman–Crippen MR) is 92.5 cm³/mol. The number of aromatic carboxylic acids is 1. The fraction of sp³-hybridized carbons (Fsp3) is 0.278. The number of carbonyl (C=O) groups is 1. The lowest BCUT2D eigenvalue weighted by Crippen LogP contribution is -2.22. The Morgan fingerprint density at radius 2 is 2.04 bits per heavy atom. The molecule has 3 N–H and O–H groups in total. The van der Waals surface area contributed by atoms with Crippen molar-refractivity contribution in [1.29, 1.82) is 0 Å². The van der Waals surface area contributed by atoms with Gasteiger partial charge >= 0.3 is 5.97 Å². The van der Waals surface area contributed by atoms with Crippen molar-refractivity contribution in [2.24, 2.45) is 0 Å². The maximum absolute atomic E-state index is 11.0. The van der Waals surface area contributed by atoms with Crippen LogP contribution in [0.5, 0.6) is 11.5 Å². The normalized spacial score (nSPS) is 14.2. The van der Waals surface area contributed by atoms with Gasteiger partial charge in [-0.3, -0.25) is 0 Å². The van der Waals surface area contributed by atoms with Crippen molar-refractivity contribution in [3.63, 3.8) is 0 Å². The number of carboxylic acids is 1. The second kappa shape index (κ2) is 7.74. The van der Waals surface area contributed by atoms with Crippen molar-refractivity contribution in [1.82, 2.24) is 5.32 Å². The van der Waals surface area contributed by atoms with Gasteiger partial charge in [-0.2, -0.15) is 0 Å². The highest BCUT2D eigenvalue weighted by Gasteiger charge is 2.19. The summed E-state index contributed by atoms with van der Waals surface area (Å²) in [5.74, 6) is 0.0667. The molecule has 0 saturated carbocycles. The molecule has 1 atom stereocenters. The average Bonchev–Trinajstić information content (AvgIpc) is 2.62. The number of carboxylic acid groups (broad SMARTS) is 1. The number of ether oxygens (including phenoxy) is 2. The first-order valence-electron chi connectivity index (χ1n) is 7.84. The maximum atomic E-state index is 11.0. The second-order valence-corrected chi connectivity index (χ2v) is 6.09. The fourth-order valence-corrected chi connectivity index (χ4v) is 2.88. The van der Waals surface area contributed by atoms with Gasteiger partial charge in [-0.25, -0.2) is 4.79 Å². The van der Waals surface area contributed by atoms with Crippen molar-refractivity contribution in [3.05, 3.63) is 58.1 Å². The van der Waals surface area contributed by atoms with E-state index in [1.165, 1.54) is 6.07 Å². The first-order chi connectivity index (χ1) is 12.0. The zero-order chi connectivity index (χ0) is 17.8. The van der Waals surface area contributed by atoms with Gasteiger partial charge in [0.05, 0.1) is 16.7 Å². The third-order valence-corrected chi connectivity index (χ3v) is 4.13. The number of hydrogen-bond acceptors (Lipinski definition) is 5. The van der Waals surface area contributed by atoms with E-state index in [0.717, 1.165) is 5.56 Å². The molecule has 0 aliphatic carbocycles. The van der Waals surface area contributed by atoms with E-state index in [1.54, 1.807) is 24.3 Å². The lowest BCUT2D eigenvalue weighted by Gasteiger charge is -2.21. The number of nitrogens with one attached hydrogen (secondary N) is 1. The van der Waals surface area contributed by atoms with Crippen LogP contribution < -0.4 is 14.8 Å². The van der Waals surface area contributed by atoms with Gasteiger partial charge in [0.25, 0.3) is 0 Å². The smallest absolute Gasteiger partial charge is 0.335 e. The summed E-state index contributed by atoms with van der Waals surface area (Å²) in [6.07, 6.45) is -0.781. The number of fused-ring (bicyclic) bond motifs is 1. The fourth-order valence-electron chi connectivity index (χ4n) is 2.61. The number of halogens is 1. The minimum absolute atomic E-state index is 0.235. The molecule has 6 nitrogen and oxygen atoms in total. The van der Waals surface area contributed by atoms with Crippen LogP contribution in [0.15, 0.2) is 36.4 Å². The van der Waals surface area contributed by atoms with Crippen LogP contribution in [0.1, 0.15) is 27.6 Å². The van der Waals surface area contributed by atoms with Crippen LogP contribution in [-0.4, -0.2) is 35.9 Å². The van der Waals surface area contributed by atoms with Crippen LogP contribution in [0.2, 0.25) is 5.02 Å². The van der Waals surface area contributed by atoms with Crippen LogP contribution in [-0.2, 0) is 6.54 Å². The third-order valence-electron chi connectivity index (χ3n) is 3.84. The van der Waals surface area contributed by atoms with E-state index in [4.69, 9.17) is 26.2 Å². The SMILES string of the molecule is O=C(O)c1cccc(CNCC(O)c2cc(Cl)c3c(c2)OCCO3)c1. The average molecular weight is 364 g/mol. The molecule has 1 unspecified atom stereocenters. The Labute approximate surface area is 150 Å². The van der Waals surface area contributed by atoms with Gasteiger partial charge in [0.2, 0.25) is 0 Å². The van der Waals surface area contributed by atoms with E-state index in [1.807, 2.05) is 6.07 Å². The summed E-state index contributed by atoms with van der Waals surface area (Å²) < 4.78 is 11.0. The highest BCUT2D eigenvalue weighted by Crippen LogP contribution is 2.39. The molecule has 0 spiro atoms. The van der Waals surface area contributed by atoms with E-state index >= 15 is 0 Å². The molecule has 1 aliphatic rings. The topological polar surface area (TPSA) is 88.0 Å². The quantitative estimate of drug-likeness (QED) is 0.731. The molecule has 2 aromatic rings. The molecule has 132 valence electrons. The van der Waals surface area contributed by atoms with Crippen molar-refractivity contribution in [3.8, 4) is 11.5 Å². The summed E-state index contributed by atoms with van der Waals surface area (Å²) in [4.78, 5) is 11.0. The van der Waals surface area contributed by atoms with Gasteiger partial charge in [-0.1, -0.05) is 23.7 Å². The summed E-state index contributed by atoms with van der Waals surface area (Å²) in [6, 6.07) is 10.0. The molecule has 0 radical (unpaired) electrons. The zero-order valence-corrected chi connectivity index (χ0v) is 14.1. The first kappa shape index (κ1) is 17.5. The van der Waals surface area contributed by atoms with Crippen molar-refractivity contribution in [2.45, 2.75) is 12.6 Å². The second-order valence-electron chi connectivity index (χ2n) is 5.68. The highest BCUT2D eigenvalue weighted by molar-refractivity contribution is 6.32. The molecule has 7 heteroatoms. The minimum Gasteiger partial charge on any atom is -0.486 e. The molecule has 0 bridgehead atoms. The van der Waals surface area contributed by atoms with Gasteiger partial charge < -0.3 is 25.0 Å². The van der Waals surface area contributed by atoms with Crippen LogP contribution >= 0.6 is 11.6 Å². The molecular formula is C18H18ClNO5. The predicted octanol–water partition coefficient (Wildman–Crippen LogP) is 2.63. The first-order valence-corrected chi connectivity index (χ1v) is 8.22. The van der Waals surface area contributed by atoms with Crippen LogP contribution in [0.4, 0.5) is 0 Å². The van der Waals surface area contributed by atoms with Crippen LogP contribution in [0, 0.1) is 0 Å². The van der Waals surface area contributed by atoms with Gasteiger partial charge in [0.1, 0.15) is 13.2 Å². The number of aliphatic hydroxyl groups is 1. The summed E-state index contributed by atoms with van der Waals surface area (Å²) in [5, 5.41) is 22.9. The van der Waals surface area contributed by atoms with E-state index in [-0.39, 0.29) is 12.1 Å². The molecular weight excluding hydrogens is 346 g/mol. The number of rotatable bonds is 6. The van der Waals surface area contributed by atoms with Crippen molar-refractivity contribution < 1.29 is 24.5 Å². The number of aliphatic hydroxyl groups excluding tert-OH is 1. The molecule has 0 saturated heterocycles. The molecule has 2 aromatic carbocycles. The van der Waals surface area contributed by atoms with Gasteiger partial charge in [-0.05, 0) is 35.4 Å². The molecule has 1 heterocycles. The lowest BCUT2D eigenvalue weighted by molar-refractivity contribution is 0.0696. The molecule has 0 amide bonds. The largest absolute Gasteiger partial charge is 0.486 e. The van der Waals surface area contributed by atoms with Crippen LogP contribution in [0.25, 0.3) is 0 Å². The summed E-state index contributed by atoms with van der Waals surface area (Å²) >= 11 is 6.18. The third kappa shape index (κ3) is 4.22. The molecule has 1 aliphatic heterocycles. The Hall–Kier alpha value is -2.28. The lowest BCUT2D eigenvalue weighted by atomic mass is 10.1. The van der Waals surface area contributed by atoms with Crippen molar-refractivity contribution >= 4 is 17.6 Å². The van der Waals surface area contributed by atoms with Gasteiger partial charge in [-0.15, -0.1) is 0 Å². The minimum atomic E-state index is -0.965. The van der Waals surface area contributed by atoms with Crippen LogP contribution in [0.3, 0.4) is 0 Å². The Balaban J connectivity index is 1.61. The maximum Gasteiger partial charge on any atom is 0.335 e. The Bertz CT molecular complexity index is 780. The number of benzene rings is 2. The van der Waals surface area contributed by atoms with Gasteiger partial charge in [0, 0.05) is 13.1 Å². The van der Waals surface area contributed by atoms with Gasteiger partial charge in [0.15, 0.2) is 11.5 Å². The monoisotopic (exact) mass is 363 g/mol. The van der Waals surface area contributed by atoms with E-state index in [9.17, 15) is 9.90 Å². The zero-order valence-electron chi connectivity index (χ0n) is 13.4. The summed E-state index contributed by atoms with van der Waals surface area (Å²) in [5.41, 5.74) is 1.69. The Morgan fingerprint density at radius 3 is 2.84 bits per heavy atom. The highest BCUT2D eigenvalue weighted by atomic mass is 35.5.